The third-order valence-electron chi connectivity index (χ3n) is 8.22. The van der Waals surface area contributed by atoms with Gasteiger partial charge >= 0.3 is 0 Å². The van der Waals surface area contributed by atoms with Crippen LogP contribution in [0, 0.1) is 0 Å². The molecule has 44 heavy (non-hydrogen) atoms. The minimum Gasteiger partial charge on any atom is -0.264 e. The lowest BCUT2D eigenvalue weighted by Gasteiger charge is -2.15. The van der Waals surface area contributed by atoms with Crippen LogP contribution < -0.4 is 0 Å². The van der Waals surface area contributed by atoms with Crippen molar-refractivity contribution in [1.82, 2.24) is 15.0 Å². The first kappa shape index (κ1) is 25.8. The van der Waals surface area contributed by atoms with Gasteiger partial charge in [-0.15, -0.1) is 0 Å². The Morgan fingerprint density at radius 3 is 1.30 bits per heavy atom. The molecule has 8 rings (SSSR count). The molecule has 0 bridgehead atoms. The first-order valence-corrected chi connectivity index (χ1v) is 14.8. The lowest BCUT2D eigenvalue weighted by Crippen LogP contribution is -1.97. The molecule has 0 saturated heterocycles. The average Bonchev–Trinajstić information content (AvgIpc) is 3.11. The van der Waals surface area contributed by atoms with E-state index in [-0.39, 0.29) is 0 Å². The maximum Gasteiger partial charge on any atom is 0.160 e. The van der Waals surface area contributed by atoms with Gasteiger partial charge < -0.3 is 0 Å². The number of benzene rings is 6. The Labute approximate surface area is 256 Å². The highest BCUT2D eigenvalue weighted by Gasteiger charge is 2.17. The number of hydrogen-bond acceptors (Lipinski definition) is 3. The van der Waals surface area contributed by atoms with Crippen LogP contribution in [0.1, 0.15) is 0 Å². The summed E-state index contributed by atoms with van der Waals surface area (Å²) in [5, 5.41) is 4.66. The maximum absolute atomic E-state index is 5.18. The zero-order chi connectivity index (χ0) is 29.3. The van der Waals surface area contributed by atoms with Gasteiger partial charge in [0.15, 0.2) is 5.82 Å². The molecule has 0 radical (unpaired) electrons. The molecule has 0 amide bonds. The van der Waals surface area contributed by atoms with Crippen molar-refractivity contribution in [2.75, 3.05) is 0 Å². The van der Waals surface area contributed by atoms with Crippen molar-refractivity contribution < 1.29 is 0 Å². The molecule has 0 aliphatic carbocycles. The van der Waals surface area contributed by atoms with Crippen LogP contribution in [-0.4, -0.2) is 15.0 Å². The lowest BCUT2D eigenvalue weighted by molar-refractivity contribution is 1.19. The summed E-state index contributed by atoms with van der Waals surface area (Å²) in [6.07, 6.45) is 3.73. The van der Waals surface area contributed by atoms with Gasteiger partial charge in [-0.2, -0.15) is 0 Å². The molecule has 0 spiro atoms. The molecule has 0 aliphatic rings. The molecule has 206 valence electrons. The normalized spacial score (nSPS) is 11.2. The van der Waals surface area contributed by atoms with E-state index in [1.807, 2.05) is 36.7 Å². The number of aromatic nitrogens is 3. The fraction of sp³-hybridized carbons (Fsp3) is 0. The molecule has 0 unspecified atom stereocenters. The molecule has 3 heteroatoms. The Morgan fingerprint density at radius 2 is 0.773 bits per heavy atom. The summed E-state index contributed by atoms with van der Waals surface area (Å²) < 4.78 is 0. The highest BCUT2D eigenvalue weighted by Crippen LogP contribution is 2.39. The van der Waals surface area contributed by atoms with Gasteiger partial charge in [-0.25, -0.2) is 9.97 Å². The van der Waals surface area contributed by atoms with E-state index in [2.05, 4.69) is 132 Å². The lowest BCUT2D eigenvalue weighted by atomic mass is 9.92. The van der Waals surface area contributed by atoms with Gasteiger partial charge in [0, 0.05) is 34.6 Å². The van der Waals surface area contributed by atoms with Crippen molar-refractivity contribution in [3.8, 4) is 56.2 Å². The SMILES string of the molecule is c1ccc(-c2nc(-c3ccc(-c4ccccc4)c4ccccc34)cc(-c3ccc(-c4cccnc4)c4ccccc34)n2)cc1. The van der Waals surface area contributed by atoms with E-state index in [1.54, 1.807) is 0 Å². The van der Waals surface area contributed by atoms with Crippen molar-refractivity contribution in [2.24, 2.45) is 0 Å². The molecule has 0 N–H and O–H groups in total. The molecule has 6 aromatic carbocycles. The molecule has 0 saturated carbocycles. The van der Waals surface area contributed by atoms with Gasteiger partial charge in [-0.1, -0.05) is 140 Å². The van der Waals surface area contributed by atoms with Gasteiger partial charge in [-0.05, 0) is 50.4 Å². The van der Waals surface area contributed by atoms with E-state index in [9.17, 15) is 0 Å². The zero-order valence-corrected chi connectivity index (χ0v) is 23.9. The summed E-state index contributed by atoms with van der Waals surface area (Å²) in [6.45, 7) is 0. The van der Waals surface area contributed by atoms with Gasteiger partial charge in [-0.3, -0.25) is 4.98 Å². The Bertz CT molecular complexity index is 2120. The van der Waals surface area contributed by atoms with Crippen molar-refractivity contribution in [2.45, 2.75) is 0 Å². The van der Waals surface area contributed by atoms with Crippen LogP contribution in [0.2, 0.25) is 0 Å². The van der Waals surface area contributed by atoms with E-state index in [0.29, 0.717) is 5.82 Å². The average molecular weight is 562 g/mol. The number of hydrogen-bond donors (Lipinski definition) is 0. The van der Waals surface area contributed by atoms with Crippen LogP contribution in [0.4, 0.5) is 0 Å². The fourth-order valence-electron chi connectivity index (χ4n) is 6.13. The highest BCUT2D eigenvalue weighted by atomic mass is 14.9. The summed E-state index contributed by atoms with van der Waals surface area (Å²) in [7, 11) is 0. The molecule has 0 aliphatic heterocycles. The number of rotatable bonds is 5. The van der Waals surface area contributed by atoms with Crippen molar-refractivity contribution in [1.29, 1.82) is 0 Å². The molecule has 3 nitrogen and oxygen atoms in total. The van der Waals surface area contributed by atoms with Crippen molar-refractivity contribution >= 4 is 21.5 Å². The Kier molecular flexibility index (Phi) is 6.47. The van der Waals surface area contributed by atoms with Gasteiger partial charge in [0.2, 0.25) is 0 Å². The summed E-state index contributed by atoms with van der Waals surface area (Å²) in [6, 6.07) is 53.0. The second-order valence-electron chi connectivity index (χ2n) is 10.8. The van der Waals surface area contributed by atoms with Crippen LogP contribution in [0.3, 0.4) is 0 Å². The van der Waals surface area contributed by atoms with Crippen molar-refractivity contribution in [3.05, 3.63) is 164 Å². The summed E-state index contributed by atoms with van der Waals surface area (Å²) >= 11 is 0. The molecule has 2 aromatic heterocycles. The first-order valence-electron chi connectivity index (χ1n) is 14.8. The molecular formula is C41H27N3. The molecule has 8 aromatic rings. The highest BCUT2D eigenvalue weighted by molar-refractivity contribution is 6.06. The predicted octanol–water partition coefficient (Wildman–Crippen LogP) is 10.5. The molecule has 0 atom stereocenters. The standard InChI is InChI=1S/C41H27N3/c1-3-12-28(13-4-1)31-21-23-37(35-19-9-7-17-33(31)35)39-26-40(44-41(43-39)29-14-5-2-6-15-29)38-24-22-32(30-16-11-25-42-27-30)34-18-8-10-20-36(34)38/h1-27H. The van der Waals surface area contributed by atoms with Crippen LogP contribution in [0.25, 0.3) is 77.7 Å². The van der Waals surface area contributed by atoms with Crippen LogP contribution >= 0.6 is 0 Å². The quantitative estimate of drug-likeness (QED) is 0.210. The topological polar surface area (TPSA) is 38.7 Å². The summed E-state index contributed by atoms with van der Waals surface area (Å²) in [5.74, 6) is 0.703. The van der Waals surface area contributed by atoms with Crippen LogP contribution in [-0.2, 0) is 0 Å². The molecular weight excluding hydrogens is 534 g/mol. The predicted molar refractivity (Wildman–Crippen MR) is 182 cm³/mol. The third-order valence-corrected chi connectivity index (χ3v) is 8.22. The third kappa shape index (κ3) is 4.61. The summed E-state index contributed by atoms with van der Waals surface area (Å²) in [5.41, 5.74) is 9.56. The van der Waals surface area contributed by atoms with Crippen LogP contribution in [0.5, 0.6) is 0 Å². The smallest absolute Gasteiger partial charge is 0.160 e. The van der Waals surface area contributed by atoms with Gasteiger partial charge in [0.25, 0.3) is 0 Å². The Balaban J connectivity index is 1.37. The summed E-state index contributed by atoms with van der Waals surface area (Å²) in [4.78, 5) is 14.7. The maximum atomic E-state index is 5.18. The van der Waals surface area contributed by atoms with E-state index >= 15 is 0 Å². The zero-order valence-electron chi connectivity index (χ0n) is 23.9. The first-order chi connectivity index (χ1) is 21.8. The number of nitrogens with zero attached hydrogens (tertiary/aromatic N) is 3. The van der Waals surface area contributed by atoms with E-state index in [1.165, 1.54) is 16.5 Å². The second kappa shape index (κ2) is 11.0. The fourth-order valence-corrected chi connectivity index (χ4v) is 6.13. The van der Waals surface area contributed by atoms with E-state index in [4.69, 9.17) is 9.97 Å². The molecule has 0 fully saturated rings. The van der Waals surface area contributed by atoms with E-state index in [0.717, 1.165) is 55.4 Å². The molecule has 2 heterocycles. The minimum atomic E-state index is 0.703. The second-order valence-corrected chi connectivity index (χ2v) is 10.8. The Morgan fingerprint density at radius 1 is 0.341 bits per heavy atom. The van der Waals surface area contributed by atoms with Gasteiger partial charge in [0.05, 0.1) is 11.4 Å². The van der Waals surface area contributed by atoms with Crippen molar-refractivity contribution in [3.63, 3.8) is 0 Å². The minimum absolute atomic E-state index is 0.703. The van der Waals surface area contributed by atoms with Gasteiger partial charge in [0.1, 0.15) is 0 Å². The number of pyridine rings is 1. The van der Waals surface area contributed by atoms with Crippen LogP contribution in [0.15, 0.2) is 164 Å². The van der Waals surface area contributed by atoms with E-state index < -0.39 is 0 Å². The monoisotopic (exact) mass is 561 g/mol. The Hall–Kier alpha value is -5.93. The largest absolute Gasteiger partial charge is 0.264 e. The number of fused-ring (bicyclic) bond motifs is 2.